The van der Waals surface area contributed by atoms with E-state index < -0.39 is 0 Å². The standard InChI is InChI=1S/C14H14N2S/c1-7-3-13-9(5-11(7)15)10-6-12(16)8(2)4-14(10)17-13/h3-6H,15-16H2,1-2H3. The van der Waals surface area contributed by atoms with Gasteiger partial charge in [-0.15, -0.1) is 11.3 Å². The molecule has 0 bridgehead atoms. The van der Waals surface area contributed by atoms with Crippen LogP contribution in [0.1, 0.15) is 11.1 Å². The van der Waals surface area contributed by atoms with Crippen LogP contribution in [0.4, 0.5) is 11.4 Å². The number of thiophene rings is 1. The van der Waals surface area contributed by atoms with Crippen LogP contribution in [0.3, 0.4) is 0 Å². The molecule has 0 aliphatic rings. The minimum Gasteiger partial charge on any atom is -0.398 e. The highest BCUT2D eigenvalue weighted by Crippen LogP contribution is 2.37. The average molecular weight is 242 g/mol. The van der Waals surface area contributed by atoms with Crippen molar-refractivity contribution in [1.82, 2.24) is 0 Å². The molecule has 17 heavy (non-hydrogen) atoms. The molecule has 1 aromatic heterocycles. The summed E-state index contributed by atoms with van der Waals surface area (Å²) in [5.74, 6) is 0. The predicted octanol–water partition coefficient (Wildman–Crippen LogP) is 3.84. The van der Waals surface area contributed by atoms with Crippen molar-refractivity contribution >= 4 is 42.9 Å². The van der Waals surface area contributed by atoms with Crippen LogP contribution in [0, 0.1) is 13.8 Å². The molecule has 0 radical (unpaired) electrons. The van der Waals surface area contributed by atoms with Crippen molar-refractivity contribution in [3.63, 3.8) is 0 Å². The van der Waals surface area contributed by atoms with E-state index in [1.54, 1.807) is 11.3 Å². The van der Waals surface area contributed by atoms with E-state index in [-0.39, 0.29) is 0 Å². The average Bonchev–Trinajstić information content (AvgIpc) is 2.58. The van der Waals surface area contributed by atoms with Crippen LogP contribution in [0.2, 0.25) is 0 Å². The maximum absolute atomic E-state index is 5.98. The summed E-state index contributed by atoms with van der Waals surface area (Å²) in [6, 6.07) is 8.41. The van der Waals surface area contributed by atoms with Crippen LogP contribution in [0.5, 0.6) is 0 Å². The van der Waals surface area contributed by atoms with Gasteiger partial charge in [-0.05, 0) is 49.2 Å². The van der Waals surface area contributed by atoms with Gasteiger partial charge in [-0.25, -0.2) is 0 Å². The van der Waals surface area contributed by atoms with E-state index in [9.17, 15) is 0 Å². The quantitative estimate of drug-likeness (QED) is 0.588. The Morgan fingerprint density at radius 3 is 1.59 bits per heavy atom. The Morgan fingerprint density at radius 1 is 0.765 bits per heavy atom. The Labute approximate surface area is 104 Å². The van der Waals surface area contributed by atoms with E-state index in [4.69, 9.17) is 11.5 Å². The number of hydrogen-bond acceptors (Lipinski definition) is 3. The fraction of sp³-hybridized carbons (Fsp3) is 0.143. The summed E-state index contributed by atoms with van der Waals surface area (Å²) < 4.78 is 2.55. The monoisotopic (exact) mass is 242 g/mol. The van der Waals surface area contributed by atoms with Crippen LogP contribution in [-0.2, 0) is 0 Å². The summed E-state index contributed by atoms with van der Waals surface area (Å²) in [7, 11) is 0. The van der Waals surface area contributed by atoms with Gasteiger partial charge < -0.3 is 11.5 Å². The summed E-state index contributed by atoms with van der Waals surface area (Å²) in [5.41, 5.74) is 15.9. The molecule has 0 saturated carbocycles. The lowest BCUT2D eigenvalue weighted by molar-refractivity contribution is 1.51. The first-order chi connectivity index (χ1) is 8.06. The van der Waals surface area contributed by atoms with Gasteiger partial charge in [0, 0.05) is 31.5 Å². The highest BCUT2D eigenvalue weighted by molar-refractivity contribution is 7.25. The van der Waals surface area contributed by atoms with E-state index in [0.29, 0.717) is 0 Å². The fourth-order valence-electron chi connectivity index (χ4n) is 2.10. The second kappa shape index (κ2) is 3.37. The second-order valence-electron chi connectivity index (χ2n) is 4.51. The molecule has 0 saturated heterocycles. The number of aryl methyl sites for hydroxylation is 2. The van der Waals surface area contributed by atoms with Gasteiger partial charge in [0.05, 0.1) is 0 Å². The van der Waals surface area contributed by atoms with Gasteiger partial charge in [0.15, 0.2) is 0 Å². The van der Waals surface area contributed by atoms with Crippen molar-refractivity contribution in [1.29, 1.82) is 0 Å². The first-order valence-corrected chi connectivity index (χ1v) is 6.36. The summed E-state index contributed by atoms with van der Waals surface area (Å²) in [5, 5.41) is 2.42. The molecule has 86 valence electrons. The summed E-state index contributed by atoms with van der Waals surface area (Å²) >= 11 is 1.80. The molecular weight excluding hydrogens is 228 g/mol. The molecule has 3 aromatic rings. The van der Waals surface area contributed by atoms with E-state index in [1.165, 1.54) is 20.2 Å². The van der Waals surface area contributed by atoms with Crippen LogP contribution in [0.15, 0.2) is 24.3 Å². The Balaban J connectivity index is 2.51. The third-order valence-electron chi connectivity index (χ3n) is 3.25. The van der Waals surface area contributed by atoms with Gasteiger partial charge >= 0.3 is 0 Å². The SMILES string of the molecule is Cc1cc2sc3cc(C)c(N)cc3c2cc1N. The van der Waals surface area contributed by atoms with Crippen molar-refractivity contribution in [3.05, 3.63) is 35.4 Å². The van der Waals surface area contributed by atoms with Gasteiger partial charge in [-0.1, -0.05) is 0 Å². The van der Waals surface area contributed by atoms with Crippen molar-refractivity contribution in [2.45, 2.75) is 13.8 Å². The third kappa shape index (κ3) is 1.46. The first-order valence-electron chi connectivity index (χ1n) is 5.54. The lowest BCUT2D eigenvalue weighted by Crippen LogP contribution is -1.89. The molecule has 0 unspecified atom stereocenters. The number of anilines is 2. The van der Waals surface area contributed by atoms with Crippen molar-refractivity contribution < 1.29 is 0 Å². The van der Waals surface area contributed by atoms with Gasteiger partial charge in [-0.3, -0.25) is 0 Å². The van der Waals surface area contributed by atoms with Gasteiger partial charge in [0.2, 0.25) is 0 Å². The van der Waals surface area contributed by atoms with Crippen molar-refractivity contribution in [3.8, 4) is 0 Å². The van der Waals surface area contributed by atoms with E-state index in [0.717, 1.165) is 22.5 Å². The molecule has 0 fully saturated rings. The molecule has 0 spiro atoms. The molecule has 2 aromatic carbocycles. The Kier molecular flexibility index (Phi) is 2.07. The lowest BCUT2D eigenvalue weighted by Gasteiger charge is -2.01. The largest absolute Gasteiger partial charge is 0.398 e. The first kappa shape index (κ1) is 10.4. The number of benzene rings is 2. The van der Waals surface area contributed by atoms with E-state index >= 15 is 0 Å². The van der Waals surface area contributed by atoms with Gasteiger partial charge in [-0.2, -0.15) is 0 Å². The van der Waals surface area contributed by atoms with Crippen LogP contribution in [-0.4, -0.2) is 0 Å². The molecule has 0 aliphatic carbocycles. The van der Waals surface area contributed by atoms with E-state index in [1.807, 2.05) is 13.8 Å². The van der Waals surface area contributed by atoms with Gasteiger partial charge in [0.25, 0.3) is 0 Å². The van der Waals surface area contributed by atoms with Crippen LogP contribution in [0.25, 0.3) is 20.2 Å². The molecule has 2 nitrogen and oxygen atoms in total. The zero-order chi connectivity index (χ0) is 12.2. The minimum absolute atomic E-state index is 0.844. The number of nitrogen functional groups attached to an aromatic ring is 2. The molecule has 0 amide bonds. The third-order valence-corrected chi connectivity index (χ3v) is 4.36. The summed E-state index contributed by atoms with van der Waals surface area (Å²) in [6.07, 6.45) is 0. The fourth-order valence-corrected chi connectivity index (χ4v) is 3.37. The predicted molar refractivity (Wildman–Crippen MR) is 77.6 cm³/mol. The molecule has 3 rings (SSSR count). The zero-order valence-corrected chi connectivity index (χ0v) is 10.7. The second-order valence-corrected chi connectivity index (χ2v) is 5.60. The highest BCUT2D eigenvalue weighted by Gasteiger charge is 2.08. The Hall–Kier alpha value is -1.74. The summed E-state index contributed by atoms with van der Waals surface area (Å²) in [6.45, 7) is 4.08. The van der Waals surface area contributed by atoms with Crippen LogP contribution >= 0.6 is 11.3 Å². The van der Waals surface area contributed by atoms with Crippen LogP contribution < -0.4 is 11.5 Å². The van der Waals surface area contributed by atoms with E-state index in [2.05, 4.69) is 24.3 Å². The van der Waals surface area contributed by atoms with Gasteiger partial charge in [0.1, 0.15) is 0 Å². The molecule has 4 N–H and O–H groups in total. The molecule has 0 aliphatic heterocycles. The molecule has 1 heterocycles. The summed E-state index contributed by atoms with van der Waals surface area (Å²) in [4.78, 5) is 0. The maximum atomic E-state index is 5.98. The Morgan fingerprint density at radius 2 is 1.18 bits per heavy atom. The number of rotatable bonds is 0. The zero-order valence-electron chi connectivity index (χ0n) is 9.87. The normalized spacial score (nSPS) is 11.4. The number of fused-ring (bicyclic) bond motifs is 3. The number of nitrogens with two attached hydrogens (primary N) is 2. The topological polar surface area (TPSA) is 52.0 Å². The maximum Gasteiger partial charge on any atom is 0.0359 e. The Bertz CT molecular complexity index is 679. The van der Waals surface area contributed by atoms with Crippen molar-refractivity contribution in [2.24, 2.45) is 0 Å². The smallest absolute Gasteiger partial charge is 0.0359 e. The molecule has 3 heteroatoms. The molecular formula is C14H14N2S. The van der Waals surface area contributed by atoms with Crippen molar-refractivity contribution in [2.75, 3.05) is 11.5 Å². The lowest BCUT2D eigenvalue weighted by atomic mass is 10.1. The minimum atomic E-state index is 0.844. The molecule has 0 atom stereocenters. The number of hydrogen-bond donors (Lipinski definition) is 2. The highest BCUT2D eigenvalue weighted by atomic mass is 32.1.